The fourth-order valence-electron chi connectivity index (χ4n) is 3.63. The lowest BCUT2D eigenvalue weighted by molar-refractivity contribution is -0.121. The van der Waals surface area contributed by atoms with Crippen molar-refractivity contribution < 1.29 is 9.59 Å². The minimum absolute atomic E-state index is 0.129. The van der Waals surface area contributed by atoms with Gasteiger partial charge in [0.05, 0.1) is 5.54 Å². The molecule has 0 radical (unpaired) electrons. The second kappa shape index (κ2) is 8.05. The summed E-state index contributed by atoms with van der Waals surface area (Å²) >= 11 is 0. The summed E-state index contributed by atoms with van der Waals surface area (Å²) in [6, 6.07) is 7.15. The van der Waals surface area contributed by atoms with Crippen molar-refractivity contribution in [1.82, 2.24) is 10.2 Å². The Morgan fingerprint density at radius 2 is 1.58 bits per heavy atom. The second-order valence-corrected chi connectivity index (χ2v) is 7.57. The molecule has 1 saturated heterocycles. The molecule has 1 aromatic rings. The number of hydrogen-bond donors (Lipinski definition) is 4. The van der Waals surface area contributed by atoms with Crippen LogP contribution in [0.2, 0.25) is 0 Å². The molecule has 26 heavy (non-hydrogen) atoms. The summed E-state index contributed by atoms with van der Waals surface area (Å²) in [7, 11) is 2.09. The van der Waals surface area contributed by atoms with Crippen molar-refractivity contribution in [3.8, 4) is 0 Å². The number of nitrogens with zero attached hydrogens (tertiary/aromatic N) is 1. The van der Waals surface area contributed by atoms with Gasteiger partial charge in [0, 0.05) is 17.4 Å². The molecule has 1 aromatic carbocycles. The third kappa shape index (κ3) is 4.74. The van der Waals surface area contributed by atoms with Crippen LogP contribution in [0.5, 0.6) is 0 Å². The van der Waals surface area contributed by atoms with Crippen LogP contribution < -0.4 is 21.7 Å². The monoisotopic (exact) mass is 359 g/mol. The molecule has 7 heteroatoms. The number of carbonyl (C=O) groups is 2. The van der Waals surface area contributed by atoms with Gasteiger partial charge in [-0.25, -0.2) is 4.79 Å². The summed E-state index contributed by atoms with van der Waals surface area (Å²) in [6.07, 6.45) is 5.40. The third-order valence-corrected chi connectivity index (χ3v) is 5.40. The molecule has 5 N–H and O–H groups in total. The molecule has 0 bridgehead atoms. The van der Waals surface area contributed by atoms with Crippen molar-refractivity contribution in [3.63, 3.8) is 0 Å². The highest BCUT2D eigenvalue weighted by Crippen LogP contribution is 2.28. The van der Waals surface area contributed by atoms with Crippen LogP contribution in [0.4, 0.5) is 16.2 Å². The molecule has 1 heterocycles. The quantitative estimate of drug-likeness (QED) is 0.661. The molecule has 2 aliphatic rings. The first kappa shape index (κ1) is 18.7. The lowest BCUT2D eigenvalue weighted by Crippen LogP contribution is -2.48. The Morgan fingerprint density at radius 3 is 2.15 bits per heavy atom. The Morgan fingerprint density at radius 1 is 1.04 bits per heavy atom. The zero-order chi connectivity index (χ0) is 18.6. The number of nitrogens with two attached hydrogens (primary N) is 1. The molecule has 7 nitrogen and oxygen atoms in total. The van der Waals surface area contributed by atoms with Gasteiger partial charge in [-0.1, -0.05) is 12.8 Å². The first-order valence-corrected chi connectivity index (χ1v) is 9.41. The van der Waals surface area contributed by atoms with E-state index in [4.69, 9.17) is 5.73 Å². The number of benzene rings is 1. The van der Waals surface area contributed by atoms with Gasteiger partial charge in [0.1, 0.15) is 0 Å². The highest BCUT2D eigenvalue weighted by atomic mass is 16.2. The Kier molecular flexibility index (Phi) is 5.78. The van der Waals surface area contributed by atoms with Crippen LogP contribution in [-0.4, -0.2) is 48.6 Å². The Labute approximate surface area is 154 Å². The zero-order valence-electron chi connectivity index (χ0n) is 15.4. The van der Waals surface area contributed by atoms with E-state index >= 15 is 0 Å². The van der Waals surface area contributed by atoms with Crippen LogP contribution in [0.1, 0.15) is 38.5 Å². The van der Waals surface area contributed by atoms with Crippen molar-refractivity contribution in [2.24, 2.45) is 5.73 Å². The molecule has 3 rings (SSSR count). The van der Waals surface area contributed by atoms with Gasteiger partial charge in [0.25, 0.3) is 0 Å². The van der Waals surface area contributed by atoms with E-state index in [1.54, 1.807) is 24.3 Å². The SMILES string of the molecule is CN1CCC(NC(=O)Nc2ccc(NC(=O)C3(N)CCCC3)cc2)CC1. The molecule has 0 aromatic heterocycles. The van der Waals surface area contributed by atoms with Crippen LogP contribution in [-0.2, 0) is 4.79 Å². The molecular formula is C19H29N5O2. The summed E-state index contributed by atoms with van der Waals surface area (Å²) in [4.78, 5) is 26.7. The lowest BCUT2D eigenvalue weighted by atomic mass is 9.98. The second-order valence-electron chi connectivity index (χ2n) is 7.57. The molecule has 0 spiro atoms. The van der Waals surface area contributed by atoms with Crippen molar-refractivity contribution in [3.05, 3.63) is 24.3 Å². The van der Waals surface area contributed by atoms with E-state index in [0.717, 1.165) is 51.6 Å². The van der Waals surface area contributed by atoms with E-state index in [0.29, 0.717) is 11.4 Å². The van der Waals surface area contributed by atoms with Gasteiger partial charge in [-0.3, -0.25) is 4.79 Å². The predicted molar refractivity (Wildman–Crippen MR) is 103 cm³/mol. The van der Waals surface area contributed by atoms with Crippen LogP contribution in [0.25, 0.3) is 0 Å². The summed E-state index contributed by atoms with van der Waals surface area (Å²) in [5, 5.41) is 8.73. The summed E-state index contributed by atoms with van der Waals surface area (Å²) in [6.45, 7) is 2.00. The van der Waals surface area contributed by atoms with E-state index < -0.39 is 5.54 Å². The number of nitrogens with one attached hydrogen (secondary N) is 3. The topological polar surface area (TPSA) is 99.5 Å². The molecule has 1 saturated carbocycles. The number of likely N-dealkylation sites (tertiary alicyclic amines) is 1. The lowest BCUT2D eigenvalue weighted by Gasteiger charge is -2.29. The average molecular weight is 359 g/mol. The molecule has 1 aliphatic heterocycles. The maximum Gasteiger partial charge on any atom is 0.319 e. The van der Waals surface area contributed by atoms with Gasteiger partial charge in [0.15, 0.2) is 0 Å². The van der Waals surface area contributed by atoms with Gasteiger partial charge >= 0.3 is 6.03 Å². The normalized spacial score (nSPS) is 20.5. The van der Waals surface area contributed by atoms with E-state index in [-0.39, 0.29) is 18.0 Å². The van der Waals surface area contributed by atoms with E-state index in [1.165, 1.54) is 0 Å². The van der Waals surface area contributed by atoms with E-state index in [9.17, 15) is 9.59 Å². The third-order valence-electron chi connectivity index (χ3n) is 5.40. The first-order chi connectivity index (χ1) is 12.4. The number of piperidine rings is 1. The van der Waals surface area contributed by atoms with Crippen LogP contribution >= 0.6 is 0 Å². The highest BCUT2D eigenvalue weighted by molar-refractivity contribution is 5.98. The fourth-order valence-corrected chi connectivity index (χ4v) is 3.63. The summed E-state index contributed by atoms with van der Waals surface area (Å²) in [5.74, 6) is -0.129. The molecule has 0 atom stereocenters. The number of carbonyl (C=O) groups excluding carboxylic acids is 2. The summed E-state index contributed by atoms with van der Waals surface area (Å²) in [5.41, 5.74) is 6.80. The van der Waals surface area contributed by atoms with Crippen molar-refractivity contribution >= 4 is 23.3 Å². The van der Waals surface area contributed by atoms with Crippen molar-refractivity contribution in [1.29, 1.82) is 0 Å². The standard InChI is InChI=1S/C19H29N5O2/c1-24-12-8-16(9-13-24)23-18(26)22-15-6-4-14(5-7-15)21-17(25)19(20)10-2-3-11-19/h4-7,16H,2-3,8-13,20H2,1H3,(H,21,25)(H2,22,23,26). The highest BCUT2D eigenvalue weighted by Gasteiger charge is 2.36. The van der Waals surface area contributed by atoms with Crippen LogP contribution in [0.15, 0.2) is 24.3 Å². The first-order valence-electron chi connectivity index (χ1n) is 9.41. The molecule has 1 aliphatic carbocycles. The maximum absolute atomic E-state index is 12.3. The molecule has 142 valence electrons. The molecule has 2 fully saturated rings. The van der Waals surface area contributed by atoms with E-state index in [1.807, 2.05) is 0 Å². The minimum atomic E-state index is -0.745. The van der Waals surface area contributed by atoms with Gasteiger partial charge in [0.2, 0.25) is 5.91 Å². The fraction of sp³-hybridized carbons (Fsp3) is 0.579. The number of urea groups is 1. The predicted octanol–water partition coefficient (Wildman–Crippen LogP) is 2.11. The smallest absolute Gasteiger partial charge is 0.319 e. The van der Waals surface area contributed by atoms with Crippen molar-refractivity contribution in [2.75, 3.05) is 30.8 Å². The molecule has 3 amide bonds. The minimum Gasteiger partial charge on any atom is -0.335 e. The van der Waals surface area contributed by atoms with Crippen LogP contribution in [0, 0.1) is 0 Å². The van der Waals surface area contributed by atoms with Crippen molar-refractivity contribution in [2.45, 2.75) is 50.1 Å². The Bertz CT molecular complexity index is 632. The zero-order valence-corrected chi connectivity index (χ0v) is 15.4. The van der Waals surface area contributed by atoms with E-state index in [2.05, 4.69) is 27.9 Å². The average Bonchev–Trinajstić information content (AvgIpc) is 3.07. The van der Waals surface area contributed by atoms with Crippen LogP contribution in [0.3, 0.4) is 0 Å². The van der Waals surface area contributed by atoms with Gasteiger partial charge in [-0.05, 0) is 70.1 Å². The summed E-state index contributed by atoms with van der Waals surface area (Å²) < 4.78 is 0. The van der Waals surface area contributed by atoms with Gasteiger partial charge < -0.3 is 26.6 Å². The number of amides is 3. The number of anilines is 2. The molecular weight excluding hydrogens is 330 g/mol. The number of rotatable bonds is 4. The maximum atomic E-state index is 12.3. The Hall–Kier alpha value is -2.12. The van der Waals surface area contributed by atoms with Gasteiger partial charge in [-0.2, -0.15) is 0 Å². The molecule has 0 unspecified atom stereocenters. The largest absolute Gasteiger partial charge is 0.335 e. The Balaban J connectivity index is 1.48. The number of hydrogen-bond acceptors (Lipinski definition) is 4. The van der Waals surface area contributed by atoms with Gasteiger partial charge in [-0.15, -0.1) is 0 Å².